The van der Waals surface area contributed by atoms with E-state index in [2.05, 4.69) is 0 Å². The third-order valence-corrected chi connectivity index (χ3v) is 2.12. The fourth-order valence-electron chi connectivity index (χ4n) is 1.55. The number of ketones is 1. The van der Waals surface area contributed by atoms with Crippen molar-refractivity contribution >= 4 is 5.78 Å². The first kappa shape index (κ1) is 12.8. The molecule has 0 amide bonds. The average Bonchev–Trinajstić information content (AvgIpc) is 2.08. The summed E-state index contributed by atoms with van der Waals surface area (Å²) in [5, 5.41) is 0. The van der Waals surface area contributed by atoms with E-state index in [1.54, 1.807) is 0 Å². The summed E-state index contributed by atoms with van der Waals surface area (Å²) in [5.41, 5.74) is 0.00944. The zero-order valence-electron chi connectivity index (χ0n) is 9.81. The van der Waals surface area contributed by atoms with Gasteiger partial charge in [0.05, 0.1) is 0 Å². The Morgan fingerprint density at radius 3 is 2.44 bits per heavy atom. The van der Waals surface area contributed by atoms with Gasteiger partial charge in [-0.15, -0.1) is 0 Å². The number of carbonyl (C=O) groups is 1. The second-order valence-corrected chi connectivity index (χ2v) is 5.19. The largest absolute Gasteiger partial charge is 0.299 e. The molecule has 0 spiro atoms. The van der Waals surface area contributed by atoms with Gasteiger partial charge in [0.2, 0.25) is 0 Å². The van der Waals surface area contributed by atoms with Crippen LogP contribution >= 0.6 is 0 Å². The second-order valence-electron chi connectivity index (χ2n) is 5.19. The highest BCUT2D eigenvalue weighted by Crippen LogP contribution is 2.20. The van der Waals surface area contributed by atoms with Crippen molar-refractivity contribution in [1.29, 1.82) is 0 Å². The minimum absolute atomic E-state index is 0.0408. The van der Waals surface area contributed by atoms with E-state index in [0.717, 1.165) is 18.2 Å². The van der Waals surface area contributed by atoms with Gasteiger partial charge in [-0.3, -0.25) is 4.79 Å². The van der Waals surface area contributed by atoms with Crippen LogP contribution in [0.2, 0.25) is 0 Å². The van der Waals surface area contributed by atoms with Crippen molar-refractivity contribution in [1.82, 2.24) is 0 Å². The lowest BCUT2D eigenvalue weighted by molar-refractivity contribution is -0.120. The van der Waals surface area contributed by atoms with Crippen molar-refractivity contribution in [3.8, 4) is 0 Å². The molecule has 0 radical (unpaired) electrons. The predicted molar refractivity (Wildman–Crippen MR) is 59.1 cm³/mol. The topological polar surface area (TPSA) is 17.1 Å². The fourth-order valence-corrected chi connectivity index (χ4v) is 1.55. The van der Waals surface area contributed by atoms with Gasteiger partial charge in [0.15, 0.2) is 0 Å². The zero-order chi connectivity index (χ0) is 12.3. The zero-order valence-corrected chi connectivity index (χ0v) is 9.81. The summed E-state index contributed by atoms with van der Waals surface area (Å²) in [6.07, 6.45) is 0.323. The molecule has 0 atom stereocenters. The molecule has 0 aliphatic rings. The molecular weight excluding hydrogens is 210 g/mol. The van der Waals surface area contributed by atoms with Crippen LogP contribution < -0.4 is 0 Å². The molecule has 0 bridgehead atoms. The van der Waals surface area contributed by atoms with E-state index in [1.807, 2.05) is 20.8 Å². The van der Waals surface area contributed by atoms with Crippen LogP contribution in [0.15, 0.2) is 18.2 Å². The Morgan fingerprint density at radius 2 is 1.88 bits per heavy atom. The maximum Gasteiger partial charge on any atom is 0.137 e. The van der Waals surface area contributed by atoms with Gasteiger partial charge < -0.3 is 0 Å². The maximum absolute atomic E-state index is 13.2. The van der Waals surface area contributed by atoms with Crippen molar-refractivity contribution < 1.29 is 13.6 Å². The molecule has 0 aliphatic carbocycles. The molecule has 1 aromatic carbocycles. The molecule has 1 nitrogen and oxygen atoms in total. The summed E-state index contributed by atoms with van der Waals surface area (Å²) in [6.45, 7) is 5.81. The third kappa shape index (κ3) is 4.09. The Morgan fingerprint density at radius 1 is 1.25 bits per heavy atom. The van der Waals surface area contributed by atoms with Gasteiger partial charge in [0.25, 0.3) is 0 Å². The lowest BCUT2D eigenvalue weighted by Crippen LogP contribution is -2.15. The van der Waals surface area contributed by atoms with Gasteiger partial charge in [-0.1, -0.05) is 20.8 Å². The first-order valence-corrected chi connectivity index (χ1v) is 5.23. The Kier molecular flexibility index (Phi) is 3.79. The quantitative estimate of drug-likeness (QED) is 0.770. The van der Waals surface area contributed by atoms with E-state index in [0.29, 0.717) is 6.42 Å². The van der Waals surface area contributed by atoms with E-state index in [9.17, 15) is 13.6 Å². The van der Waals surface area contributed by atoms with Gasteiger partial charge in [-0.05, 0) is 29.2 Å². The van der Waals surface area contributed by atoms with Crippen LogP contribution in [0.25, 0.3) is 0 Å². The average molecular weight is 226 g/mol. The summed E-state index contributed by atoms with van der Waals surface area (Å²) in [7, 11) is 0. The highest BCUT2D eigenvalue weighted by Gasteiger charge is 2.17. The summed E-state index contributed by atoms with van der Waals surface area (Å²) in [6, 6.07) is 3.18. The molecule has 0 aromatic heterocycles. The molecule has 0 saturated heterocycles. The van der Waals surface area contributed by atoms with Crippen molar-refractivity contribution in [3.63, 3.8) is 0 Å². The molecule has 3 heteroatoms. The molecule has 0 fully saturated rings. The Balaban J connectivity index is 2.73. The van der Waals surface area contributed by atoms with E-state index in [1.165, 1.54) is 0 Å². The SMILES string of the molecule is CC(C)(C)CC(=O)Cc1cc(F)ccc1F. The Labute approximate surface area is 94.5 Å². The van der Waals surface area contributed by atoms with Crippen molar-refractivity contribution in [2.75, 3.05) is 0 Å². The monoisotopic (exact) mass is 226 g/mol. The van der Waals surface area contributed by atoms with E-state index >= 15 is 0 Å². The number of Topliss-reactive ketones (excluding diaryl/α,β-unsaturated/α-hetero) is 1. The lowest BCUT2D eigenvalue weighted by atomic mass is 9.88. The normalized spacial score (nSPS) is 11.6. The van der Waals surface area contributed by atoms with Crippen LogP contribution in [0, 0.1) is 17.0 Å². The van der Waals surface area contributed by atoms with Crippen LogP contribution in [0.1, 0.15) is 32.8 Å². The van der Waals surface area contributed by atoms with Crippen LogP contribution in [0.3, 0.4) is 0 Å². The van der Waals surface area contributed by atoms with Gasteiger partial charge >= 0.3 is 0 Å². The second kappa shape index (κ2) is 4.73. The van der Waals surface area contributed by atoms with Crippen LogP contribution in [0.4, 0.5) is 8.78 Å². The van der Waals surface area contributed by atoms with Crippen molar-refractivity contribution in [2.24, 2.45) is 5.41 Å². The molecule has 0 heterocycles. The first-order valence-electron chi connectivity index (χ1n) is 5.23. The van der Waals surface area contributed by atoms with Gasteiger partial charge in [-0.25, -0.2) is 8.78 Å². The number of hydrogen-bond donors (Lipinski definition) is 0. The van der Waals surface area contributed by atoms with Crippen LogP contribution in [-0.2, 0) is 11.2 Å². The van der Waals surface area contributed by atoms with Gasteiger partial charge in [-0.2, -0.15) is 0 Å². The predicted octanol–water partition coefficient (Wildman–Crippen LogP) is 3.51. The molecule has 0 aliphatic heterocycles. The van der Waals surface area contributed by atoms with E-state index in [4.69, 9.17) is 0 Å². The van der Waals surface area contributed by atoms with Crippen LogP contribution in [0.5, 0.6) is 0 Å². The molecule has 88 valence electrons. The molecule has 1 aromatic rings. The number of benzene rings is 1. The minimum atomic E-state index is -0.524. The fraction of sp³-hybridized carbons (Fsp3) is 0.462. The third-order valence-electron chi connectivity index (χ3n) is 2.12. The lowest BCUT2D eigenvalue weighted by Gasteiger charge is -2.16. The first-order chi connectivity index (χ1) is 7.28. The standard InChI is InChI=1S/C13H16F2O/c1-13(2,3)8-11(16)7-9-6-10(14)4-5-12(9)15/h4-6H,7-8H2,1-3H3. The molecule has 0 saturated carbocycles. The highest BCUT2D eigenvalue weighted by molar-refractivity contribution is 5.81. The number of hydrogen-bond acceptors (Lipinski definition) is 1. The molecule has 0 unspecified atom stereocenters. The number of rotatable bonds is 3. The maximum atomic E-state index is 13.2. The van der Waals surface area contributed by atoms with Crippen LogP contribution in [-0.4, -0.2) is 5.78 Å². The highest BCUT2D eigenvalue weighted by atomic mass is 19.1. The summed E-state index contributed by atoms with van der Waals surface area (Å²) in [4.78, 5) is 11.6. The molecule has 1 rings (SSSR count). The smallest absolute Gasteiger partial charge is 0.137 e. The van der Waals surface area contributed by atoms with Gasteiger partial charge in [0, 0.05) is 12.8 Å². The van der Waals surface area contributed by atoms with E-state index < -0.39 is 11.6 Å². The van der Waals surface area contributed by atoms with Crippen molar-refractivity contribution in [2.45, 2.75) is 33.6 Å². The number of halogens is 2. The minimum Gasteiger partial charge on any atom is -0.299 e. The Hall–Kier alpha value is -1.25. The van der Waals surface area contributed by atoms with Crippen molar-refractivity contribution in [3.05, 3.63) is 35.4 Å². The molecular formula is C13H16F2O. The summed E-state index contributed by atoms with van der Waals surface area (Å²) < 4.78 is 26.1. The number of carbonyl (C=O) groups excluding carboxylic acids is 1. The molecule has 0 N–H and O–H groups in total. The molecule has 16 heavy (non-hydrogen) atoms. The Bertz CT molecular complexity index is 391. The summed E-state index contributed by atoms with van der Waals surface area (Å²) >= 11 is 0. The van der Waals surface area contributed by atoms with Gasteiger partial charge in [0.1, 0.15) is 17.4 Å². The summed E-state index contributed by atoms with van der Waals surface area (Å²) in [5.74, 6) is -1.11. The van der Waals surface area contributed by atoms with E-state index in [-0.39, 0.29) is 23.2 Å².